The average Bonchev–Trinajstić information content (AvgIpc) is 3.20. The van der Waals surface area contributed by atoms with E-state index in [0.717, 1.165) is 35.6 Å². The van der Waals surface area contributed by atoms with Crippen LogP contribution in [-0.2, 0) is 10.0 Å². The van der Waals surface area contributed by atoms with Gasteiger partial charge in [0, 0.05) is 19.3 Å². The molecule has 28 heavy (non-hydrogen) atoms. The number of nitrogens with one attached hydrogen (secondary N) is 1. The third-order valence-corrected chi connectivity index (χ3v) is 7.17. The number of carbonyl (C=O) groups excluding carboxylic acids is 1. The minimum Gasteiger partial charge on any atom is -0.349 e. The van der Waals surface area contributed by atoms with Gasteiger partial charge in [-0.3, -0.25) is 9.10 Å². The molecule has 1 aliphatic rings. The quantitative estimate of drug-likeness (QED) is 0.570. The predicted molar refractivity (Wildman–Crippen MR) is 110 cm³/mol. The Morgan fingerprint density at radius 2 is 1.86 bits per heavy atom. The van der Waals surface area contributed by atoms with E-state index in [1.807, 2.05) is 6.92 Å². The summed E-state index contributed by atoms with van der Waals surface area (Å²) in [5, 5.41) is 3.38. The molecule has 1 amide bonds. The summed E-state index contributed by atoms with van der Waals surface area (Å²) in [6.07, 6.45) is 7.24. The first-order valence-corrected chi connectivity index (χ1v) is 11.8. The lowest BCUT2D eigenvalue weighted by Gasteiger charge is -2.22. The van der Waals surface area contributed by atoms with Gasteiger partial charge in [-0.2, -0.15) is 0 Å². The van der Waals surface area contributed by atoms with Crippen LogP contribution in [0, 0.1) is 6.92 Å². The van der Waals surface area contributed by atoms with Crippen molar-refractivity contribution >= 4 is 33.5 Å². The largest absolute Gasteiger partial charge is 0.349 e. The highest BCUT2D eigenvalue weighted by Gasteiger charge is 2.28. The maximum absolute atomic E-state index is 13.1. The van der Waals surface area contributed by atoms with Crippen molar-refractivity contribution in [3.8, 4) is 0 Å². The molecule has 0 atom stereocenters. The predicted octanol–water partition coefficient (Wildman–Crippen LogP) is 3.00. The lowest BCUT2D eigenvalue weighted by molar-refractivity contribution is 0.0937. The zero-order valence-electron chi connectivity index (χ0n) is 16.2. The Bertz CT molecular complexity index is 956. The van der Waals surface area contributed by atoms with Gasteiger partial charge in [0.25, 0.3) is 15.9 Å². The standard InChI is InChI=1S/C19H24N4O3S2/c1-13-8-10-15(11-9-13)28(25,26)23(2)17-16(12-20-19(22-17)27-3)18(24)21-14-6-4-5-7-14/h8-12,14H,4-7H2,1-3H3,(H,21,24). The topological polar surface area (TPSA) is 92.3 Å². The van der Waals surface area contributed by atoms with E-state index >= 15 is 0 Å². The molecule has 0 bridgehead atoms. The molecular weight excluding hydrogens is 396 g/mol. The van der Waals surface area contributed by atoms with Gasteiger partial charge in [0.05, 0.1) is 4.90 Å². The van der Waals surface area contributed by atoms with Crippen LogP contribution in [-0.4, -0.2) is 43.6 Å². The summed E-state index contributed by atoms with van der Waals surface area (Å²) in [5.74, 6) is -0.268. The van der Waals surface area contributed by atoms with Crippen LogP contribution in [0.2, 0.25) is 0 Å². The minimum atomic E-state index is -3.86. The molecular formula is C19H24N4O3S2. The summed E-state index contributed by atoms with van der Waals surface area (Å²) in [6, 6.07) is 6.69. The van der Waals surface area contributed by atoms with Crippen molar-refractivity contribution in [3.63, 3.8) is 0 Å². The lowest BCUT2D eigenvalue weighted by atomic mass is 10.2. The van der Waals surface area contributed by atoms with E-state index in [1.54, 1.807) is 30.5 Å². The zero-order chi connectivity index (χ0) is 20.3. The van der Waals surface area contributed by atoms with Gasteiger partial charge in [-0.05, 0) is 38.2 Å². The number of nitrogens with zero attached hydrogens (tertiary/aromatic N) is 3. The maximum atomic E-state index is 13.1. The second-order valence-electron chi connectivity index (χ2n) is 6.83. The minimum absolute atomic E-state index is 0.0791. The van der Waals surface area contributed by atoms with Crippen LogP contribution in [0.15, 0.2) is 40.5 Å². The normalized spacial score (nSPS) is 14.8. The van der Waals surface area contributed by atoms with E-state index in [2.05, 4.69) is 15.3 Å². The number of hydrogen-bond acceptors (Lipinski definition) is 6. The molecule has 0 saturated heterocycles. The Balaban J connectivity index is 1.98. The summed E-state index contributed by atoms with van der Waals surface area (Å²) in [4.78, 5) is 21.5. The number of anilines is 1. The van der Waals surface area contributed by atoms with Crippen molar-refractivity contribution in [2.45, 2.75) is 48.7 Å². The first kappa shape index (κ1) is 20.6. The number of thioether (sulfide) groups is 1. The fraction of sp³-hybridized carbons (Fsp3) is 0.421. The summed E-state index contributed by atoms with van der Waals surface area (Å²) in [5.41, 5.74) is 1.12. The molecule has 2 aromatic rings. The van der Waals surface area contributed by atoms with Gasteiger partial charge in [0.1, 0.15) is 5.56 Å². The number of aryl methyl sites for hydroxylation is 1. The third kappa shape index (κ3) is 4.30. The fourth-order valence-corrected chi connectivity index (χ4v) is 4.67. The number of amides is 1. The molecule has 3 rings (SSSR count). The maximum Gasteiger partial charge on any atom is 0.265 e. The van der Waals surface area contributed by atoms with E-state index in [1.165, 1.54) is 25.0 Å². The molecule has 1 aromatic carbocycles. The lowest BCUT2D eigenvalue weighted by Crippen LogP contribution is -2.35. The second-order valence-corrected chi connectivity index (χ2v) is 9.58. The Hall–Kier alpha value is -2.13. The molecule has 1 saturated carbocycles. The van der Waals surface area contributed by atoms with Crippen LogP contribution >= 0.6 is 11.8 Å². The van der Waals surface area contributed by atoms with E-state index in [9.17, 15) is 13.2 Å². The Kier molecular flexibility index (Phi) is 6.24. The molecule has 0 aliphatic heterocycles. The summed E-state index contributed by atoms with van der Waals surface area (Å²) >= 11 is 1.29. The SMILES string of the molecule is CSc1ncc(C(=O)NC2CCCC2)c(N(C)S(=O)(=O)c2ccc(C)cc2)n1. The van der Waals surface area contributed by atoms with Gasteiger partial charge in [-0.25, -0.2) is 18.4 Å². The van der Waals surface area contributed by atoms with Gasteiger partial charge in [-0.15, -0.1) is 0 Å². The highest BCUT2D eigenvalue weighted by atomic mass is 32.2. The van der Waals surface area contributed by atoms with Crippen molar-refractivity contribution in [1.82, 2.24) is 15.3 Å². The first-order chi connectivity index (χ1) is 13.3. The molecule has 150 valence electrons. The van der Waals surface area contributed by atoms with Crippen LogP contribution in [0.3, 0.4) is 0 Å². The summed E-state index contributed by atoms with van der Waals surface area (Å²) in [6.45, 7) is 1.89. The van der Waals surface area contributed by atoms with Crippen molar-refractivity contribution in [3.05, 3.63) is 41.6 Å². The van der Waals surface area contributed by atoms with E-state index in [-0.39, 0.29) is 28.2 Å². The number of carbonyl (C=O) groups is 1. The molecule has 0 radical (unpaired) electrons. The second kappa shape index (κ2) is 8.48. The molecule has 0 spiro atoms. The molecule has 1 aromatic heterocycles. The highest BCUT2D eigenvalue weighted by molar-refractivity contribution is 7.98. The van der Waals surface area contributed by atoms with Gasteiger partial charge < -0.3 is 5.32 Å². The smallest absolute Gasteiger partial charge is 0.265 e. The zero-order valence-corrected chi connectivity index (χ0v) is 17.8. The monoisotopic (exact) mass is 420 g/mol. The fourth-order valence-electron chi connectivity index (χ4n) is 3.17. The number of aromatic nitrogens is 2. The van der Waals surface area contributed by atoms with Crippen LogP contribution < -0.4 is 9.62 Å². The van der Waals surface area contributed by atoms with E-state index in [0.29, 0.717) is 5.16 Å². The Morgan fingerprint density at radius 1 is 1.21 bits per heavy atom. The third-order valence-electron chi connectivity index (χ3n) is 4.84. The Labute approximate surface area is 170 Å². The molecule has 1 fully saturated rings. The molecule has 1 heterocycles. The Morgan fingerprint density at radius 3 is 2.46 bits per heavy atom. The number of hydrogen-bond donors (Lipinski definition) is 1. The van der Waals surface area contributed by atoms with Crippen molar-refractivity contribution in [1.29, 1.82) is 0 Å². The van der Waals surface area contributed by atoms with Gasteiger partial charge in [-0.1, -0.05) is 42.3 Å². The van der Waals surface area contributed by atoms with Gasteiger partial charge in [0.15, 0.2) is 11.0 Å². The van der Waals surface area contributed by atoms with E-state index in [4.69, 9.17) is 0 Å². The van der Waals surface area contributed by atoms with Crippen molar-refractivity contribution < 1.29 is 13.2 Å². The first-order valence-electron chi connectivity index (χ1n) is 9.10. The number of rotatable bonds is 6. The van der Waals surface area contributed by atoms with Gasteiger partial charge in [0.2, 0.25) is 0 Å². The molecule has 9 heteroatoms. The summed E-state index contributed by atoms with van der Waals surface area (Å²) in [7, 11) is -2.45. The van der Waals surface area contributed by atoms with Crippen LogP contribution in [0.25, 0.3) is 0 Å². The molecule has 1 N–H and O–H groups in total. The van der Waals surface area contributed by atoms with E-state index < -0.39 is 10.0 Å². The summed E-state index contributed by atoms with van der Waals surface area (Å²) < 4.78 is 27.2. The molecule has 0 unspecified atom stereocenters. The molecule has 7 nitrogen and oxygen atoms in total. The van der Waals surface area contributed by atoms with Crippen LogP contribution in [0.1, 0.15) is 41.6 Å². The average molecular weight is 421 g/mol. The van der Waals surface area contributed by atoms with Gasteiger partial charge >= 0.3 is 0 Å². The van der Waals surface area contributed by atoms with Crippen molar-refractivity contribution in [2.24, 2.45) is 0 Å². The highest BCUT2D eigenvalue weighted by Crippen LogP contribution is 2.26. The van der Waals surface area contributed by atoms with Crippen molar-refractivity contribution in [2.75, 3.05) is 17.6 Å². The van der Waals surface area contributed by atoms with Crippen LogP contribution in [0.5, 0.6) is 0 Å². The number of benzene rings is 1. The number of sulfonamides is 1. The van der Waals surface area contributed by atoms with Crippen LogP contribution in [0.4, 0.5) is 5.82 Å². The molecule has 1 aliphatic carbocycles.